The van der Waals surface area contributed by atoms with Crippen molar-refractivity contribution in [1.82, 2.24) is 0 Å². The molecule has 0 heterocycles. The molecule has 14 heavy (non-hydrogen) atoms. The summed E-state index contributed by atoms with van der Waals surface area (Å²) in [6.07, 6.45) is 1.01. The number of hydrogen-bond donors (Lipinski definition) is 2. The van der Waals surface area contributed by atoms with Gasteiger partial charge in [-0.05, 0) is 17.7 Å². The molecule has 4 nitrogen and oxygen atoms in total. The van der Waals surface area contributed by atoms with Crippen LogP contribution in [0.5, 0.6) is 11.5 Å². The zero-order chi connectivity index (χ0) is 10.6. The molecule has 0 amide bonds. The van der Waals surface area contributed by atoms with Crippen LogP contribution in [0, 0.1) is 0 Å². The van der Waals surface area contributed by atoms with Crippen molar-refractivity contribution in [2.75, 3.05) is 0 Å². The van der Waals surface area contributed by atoms with Crippen LogP contribution < -0.4 is 0 Å². The fourth-order valence-corrected chi connectivity index (χ4v) is 1.06. The van der Waals surface area contributed by atoms with Crippen LogP contribution in [0.1, 0.15) is 5.56 Å². The summed E-state index contributed by atoms with van der Waals surface area (Å²) >= 11 is 0. The van der Waals surface area contributed by atoms with E-state index < -0.39 is 5.97 Å². The van der Waals surface area contributed by atoms with E-state index in [2.05, 4.69) is 11.3 Å². The van der Waals surface area contributed by atoms with E-state index in [1.165, 1.54) is 18.2 Å². The van der Waals surface area contributed by atoms with Gasteiger partial charge in [0.25, 0.3) is 0 Å². The Morgan fingerprint density at radius 3 is 2.43 bits per heavy atom. The zero-order valence-electron chi connectivity index (χ0n) is 7.43. The maximum atomic E-state index is 11.0. The van der Waals surface area contributed by atoms with E-state index in [0.717, 1.165) is 6.26 Å². The lowest BCUT2D eigenvalue weighted by Gasteiger charge is -2.01. The van der Waals surface area contributed by atoms with Gasteiger partial charge in [-0.1, -0.05) is 6.58 Å². The standard InChI is InChI=1S/C10H10O4/c1-2-14-10(13)5-7-3-8(11)6-9(12)4-7/h2-4,6,11-12H,1,5H2. The predicted molar refractivity (Wildman–Crippen MR) is 49.8 cm³/mol. The van der Waals surface area contributed by atoms with Gasteiger partial charge in [0.05, 0.1) is 12.7 Å². The highest BCUT2D eigenvalue weighted by Gasteiger charge is 2.05. The molecule has 0 aliphatic heterocycles. The van der Waals surface area contributed by atoms with Gasteiger partial charge < -0.3 is 14.9 Å². The van der Waals surface area contributed by atoms with Gasteiger partial charge >= 0.3 is 5.97 Å². The Morgan fingerprint density at radius 2 is 1.93 bits per heavy atom. The average molecular weight is 194 g/mol. The Kier molecular flexibility index (Phi) is 3.12. The summed E-state index contributed by atoms with van der Waals surface area (Å²) in [7, 11) is 0. The summed E-state index contributed by atoms with van der Waals surface area (Å²) in [5, 5.41) is 18.2. The molecule has 0 spiro atoms. The minimum atomic E-state index is -0.495. The highest BCUT2D eigenvalue weighted by molar-refractivity contribution is 5.73. The summed E-state index contributed by atoms with van der Waals surface area (Å²) in [4.78, 5) is 11.0. The molecule has 0 unspecified atom stereocenters. The molecule has 74 valence electrons. The minimum absolute atomic E-state index is 0.0199. The number of carbonyl (C=O) groups is 1. The van der Waals surface area contributed by atoms with Crippen LogP contribution in [0.4, 0.5) is 0 Å². The second-order valence-corrected chi connectivity index (χ2v) is 2.69. The zero-order valence-corrected chi connectivity index (χ0v) is 7.43. The van der Waals surface area contributed by atoms with E-state index in [-0.39, 0.29) is 17.9 Å². The van der Waals surface area contributed by atoms with E-state index in [0.29, 0.717) is 5.56 Å². The second kappa shape index (κ2) is 4.32. The molecule has 0 bridgehead atoms. The van der Waals surface area contributed by atoms with Crippen LogP contribution in [0.15, 0.2) is 31.0 Å². The largest absolute Gasteiger partial charge is 0.508 e. The van der Waals surface area contributed by atoms with Gasteiger partial charge in [0.15, 0.2) is 0 Å². The fourth-order valence-electron chi connectivity index (χ4n) is 1.06. The first-order chi connectivity index (χ1) is 6.61. The molecule has 0 saturated heterocycles. The first kappa shape index (κ1) is 10.1. The average Bonchev–Trinajstić information content (AvgIpc) is 2.01. The van der Waals surface area contributed by atoms with E-state index in [9.17, 15) is 4.79 Å². The molecule has 0 atom stereocenters. The number of aromatic hydroxyl groups is 2. The Labute approximate surface area is 81.1 Å². The highest BCUT2D eigenvalue weighted by atomic mass is 16.5. The van der Waals surface area contributed by atoms with E-state index in [1.807, 2.05) is 0 Å². The lowest BCUT2D eigenvalue weighted by atomic mass is 10.1. The van der Waals surface area contributed by atoms with Crippen LogP contribution in [0.2, 0.25) is 0 Å². The van der Waals surface area contributed by atoms with Gasteiger partial charge in [-0.15, -0.1) is 0 Å². The van der Waals surface area contributed by atoms with Crippen LogP contribution in [-0.2, 0) is 16.0 Å². The number of hydrogen-bond acceptors (Lipinski definition) is 4. The molecule has 2 N–H and O–H groups in total. The molecule has 1 rings (SSSR count). The molecule has 1 aromatic rings. The molecular formula is C10H10O4. The van der Waals surface area contributed by atoms with Crippen molar-refractivity contribution in [3.63, 3.8) is 0 Å². The first-order valence-electron chi connectivity index (χ1n) is 3.94. The van der Waals surface area contributed by atoms with Gasteiger partial charge in [0.1, 0.15) is 11.5 Å². The quantitative estimate of drug-likeness (QED) is 0.562. The van der Waals surface area contributed by atoms with Gasteiger partial charge in [-0.3, -0.25) is 4.79 Å². The second-order valence-electron chi connectivity index (χ2n) is 2.69. The summed E-state index contributed by atoms with van der Waals surface area (Å²) in [6.45, 7) is 3.24. The number of esters is 1. The molecule has 0 fully saturated rings. The van der Waals surface area contributed by atoms with Crippen LogP contribution in [0.25, 0.3) is 0 Å². The van der Waals surface area contributed by atoms with Crippen molar-refractivity contribution < 1.29 is 19.7 Å². The topological polar surface area (TPSA) is 66.8 Å². The summed E-state index contributed by atoms with van der Waals surface area (Å²) in [5.41, 5.74) is 0.481. The van der Waals surface area contributed by atoms with Crippen molar-refractivity contribution >= 4 is 5.97 Å². The maximum absolute atomic E-state index is 11.0. The van der Waals surface area contributed by atoms with E-state index in [4.69, 9.17) is 10.2 Å². The van der Waals surface area contributed by atoms with Gasteiger partial charge in [0.2, 0.25) is 0 Å². The SMILES string of the molecule is C=COC(=O)Cc1cc(O)cc(O)c1. The van der Waals surface area contributed by atoms with Crippen LogP contribution in [-0.4, -0.2) is 16.2 Å². The molecule has 0 aliphatic rings. The summed E-state index contributed by atoms with van der Waals surface area (Å²) < 4.78 is 4.49. The molecule has 0 aliphatic carbocycles. The van der Waals surface area contributed by atoms with Crippen LogP contribution >= 0.6 is 0 Å². The monoisotopic (exact) mass is 194 g/mol. The number of phenolic OH excluding ortho intramolecular Hbond substituents is 2. The Morgan fingerprint density at radius 1 is 1.36 bits per heavy atom. The molecule has 1 aromatic carbocycles. The van der Waals surface area contributed by atoms with Crippen molar-refractivity contribution in [1.29, 1.82) is 0 Å². The number of carbonyl (C=O) groups excluding carboxylic acids is 1. The summed E-state index contributed by atoms with van der Waals surface area (Å²) in [6, 6.07) is 3.94. The molecule has 0 radical (unpaired) electrons. The molecule has 0 aromatic heterocycles. The number of benzene rings is 1. The lowest BCUT2D eigenvalue weighted by Crippen LogP contribution is -2.03. The van der Waals surface area contributed by atoms with E-state index in [1.54, 1.807) is 0 Å². The van der Waals surface area contributed by atoms with Gasteiger partial charge in [0, 0.05) is 6.07 Å². The lowest BCUT2D eigenvalue weighted by molar-refractivity contribution is -0.137. The summed E-state index contributed by atoms with van der Waals surface area (Å²) in [5.74, 6) is -0.678. The Hall–Kier alpha value is -1.97. The van der Waals surface area contributed by atoms with Crippen molar-refractivity contribution in [3.8, 4) is 11.5 Å². The molecule has 4 heteroatoms. The smallest absolute Gasteiger partial charge is 0.315 e. The van der Waals surface area contributed by atoms with Gasteiger partial charge in [-0.25, -0.2) is 0 Å². The van der Waals surface area contributed by atoms with Gasteiger partial charge in [-0.2, -0.15) is 0 Å². The Bertz CT molecular complexity index is 337. The Balaban J connectivity index is 2.76. The third-order valence-corrected chi connectivity index (χ3v) is 1.53. The normalized spacial score (nSPS) is 9.43. The van der Waals surface area contributed by atoms with Crippen molar-refractivity contribution in [2.24, 2.45) is 0 Å². The molecular weight excluding hydrogens is 184 g/mol. The van der Waals surface area contributed by atoms with Crippen molar-refractivity contribution in [3.05, 3.63) is 36.6 Å². The number of ether oxygens (including phenoxy) is 1. The minimum Gasteiger partial charge on any atom is -0.508 e. The first-order valence-corrected chi connectivity index (χ1v) is 3.94. The highest BCUT2D eigenvalue weighted by Crippen LogP contribution is 2.20. The van der Waals surface area contributed by atoms with E-state index >= 15 is 0 Å². The third kappa shape index (κ3) is 2.82. The third-order valence-electron chi connectivity index (χ3n) is 1.53. The number of rotatable bonds is 3. The van der Waals surface area contributed by atoms with Crippen molar-refractivity contribution in [2.45, 2.75) is 6.42 Å². The number of phenols is 2. The molecule has 0 saturated carbocycles. The van der Waals surface area contributed by atoms with Crippen LogP contribution in [0.3, 0.4) is 0 Å². The predicted octanol–water partition coefficient (Wildman–Crippen LogP) is 1.33. The fraction of sp³-hybridized carbons (Fsp3) is 0.100. The maximum Gasteiger partial charge on any atom is 0.315 e.